The fourth-order valence-electron chi connectivity index (χ4n) is 3.31. The van der Waals surface area contributed by atoms with Crippen molar-refractivity contribution in [1.82, 2.24) is 20.2 Å². The van der Waals surface area contributed by atoms with Crippen LogP contribution in [0.5, 0.6) is 0 Å². The zero-order valence-electron chi connectivity index (χ0n) is 17.2. The van der Waals surface area contributed by atoms with Crippen molar-refractivity contribution in [2.75, 3.05) is 13.2 Å². The number of aromatic nitrogens is 2. The summed E-state index contributed by atoms with van der Waals surface area (Å²) in [6.45, 7) is 6.04. The highest BCUT2D eigenvalue weighted by molar-refractivity contribution is 5.84. The second kappa shape index (κ2) is 9.06. The lowest BCUT2D eigenvalue weighted by molar-refractivity contribution is -0.146. The van der Waals surface area contributed by atoms with Crippen LogP contribution in [0.4, 0.5) is 9.18 Å². The van der Waals surface area contributed by atoms with E-state index in [-0.39, 0.29) is 30.4 Å². The van der Waals surface area contributed by atoms with Gasteiger partial charge in [0.05, 0.1) is 18.8 Å². The SMILES string of the molecule is CCOC(=O)C(NC(=O)N1CCc2c(nc(-c3ccc(F)cc3)[nH]c2=O)C1)C(C)C. The molecule has 0 aliphatic carbocycles. The van der Waals surface area contributed by atoms with Crippen LogP contribution in [-0.2, 0) is 22.5 Å². The molecule has 0 radical (unpaired) electrons. The highest BCUT2D eigenvalue weighted by Crippen LogP contribution is 2.19. The van der Waals surface area contributed by atoms with Gasteiger partial charge in [0.25, 0.3) is 5.56 Å². The first kappa shape index (κ1) is 21.5. The molecule has 1 aromatic heterocycles. The first-order chi connectivity index (χ1) is 14.3. The maximum absolute atomic E-state index is 13.2. The van der Waals surface area contributed by atoms with E-state index in [1.54, 1.807) is 6.92 Å². The molecule has 0 bridgehead atoms. The van der Waals surface area contributed by atoms with Crippen LogP contribution in [0.3, 0.4) is 0 Å². The number of rotatable bonds is 5. The van der Waals surface area contributed by atoms with Crippen LogP contribution in [0.25, 0.3) is 11.4 Å². The predicted molar refractivity (Wildman–Crippen MR) is 108 cm³/mol. The number of benzene rings is 1. The van der Waals surface area contributed by atoms with Crippen molar-refractivity contribution in [3.63, 3.8) is 0 Å². The number of nitrogens with zero attached hydrogens (tertiary/aromatic N) is 2. The summed E-state index contributed by atoms with van der Waals surface area (Å²) in [6.07, 6.45) is 0.348. The van der Waals surface area contributed by atoms with Crippen molar-refractivity contribution in [2.24, 2.45) is 5.92 Å². The van der Waals surface area contributed by atoms with E-state index >= 15 is 0 Å². The molecule has 0 spiro atoms. The summed E-state index contributed by atoms with van der Waals surface area (Å²) >= 11 is 0. The monoisotopic (exact) mass is 416 g/mol. The Balaban J connectivity index is 1.80. The minimum atomic E-state index is -0.763. The summed E-state index contributed by atoms with van der Waals surface area (Å²) in [5, 5.41) is 2.73. The Labute approximate surface area is 173 Å². The zero-order chi connectivity index (χ0) is 21.8. The molecule has 8 nitrogen and oxygen atoms in total. The summed E-state index contributed by atoms with van der Waals surface area (Å²) in [5.74, 6) is -0.696. The number of aromatic amines is 1. The number of carbonyl (C=O) groups is 2. The lowest BCUT2D eigenvalue weighted by Gasteiger charge is -2.30. The minimum Gasteiger partial charge on any atom is -0.464 e. The van der Waals surface area contributed by atoms with Crippen LogP contribution < -0.4 is 10.9 Å². The lowest BCUT2D eigenvalue weighted by atomic mass is 10.0. The van der Waals surface area contributed by atoms with Crippen molar-refractivity contribution in [2.45, 2.75) is 39.8 Å². The van der Waals surface area contributed by atoms with Gasteiger partial charge in [0.1, 0.15) is 17.7 Å². The van der Waals surface area contributed by atoms with Crippen LogP contribution in [0.1, 0.15) is 32.0 Å². The van der Waals surface area contributed by atoms with E-state index < -0.39 is 18.0 Å². The number of halogens is 1. The molecular formula is C21H25FN4O4. The molecule has 1 unspecified atom stereocenters. The number of fused-ring (bicyclic) bond motifs is 1. The molecule has 30 heavy (non-hydrogen) atoms. The number of nitrogens with one attached hydrogen (secondary N) is 2. The second-order valence-corrected chi connectivity index (χ2v) is 7.44. The third-order valence-corrected chi connectivity index (χ3v) is 4.96. The number of urea groups is 1. The Morgan fingerprint density at radius 1 is 1.30 bits per heavy atom. The Morgan fingerprint density at radius 2 is 2.00 bits per heavy atom. The summed E-state index contributed by atoms with van der Waals surface area (Å²) in [6, 6.07) is 4.45. The number of ether oxygens (including phenoxy) is 1. The van der Waals surface area contributed by atoms with Crippen molar-refractivity contribution >= 4 is 12.0 Å². The maximum Gasteiger partial charge on any atom is 0.328 e. The molecular weight excluding hydrogens is 391 g/mol. The summed E-state index contributed by atoms with van der Waals surface area (Å²) < 4.78 is 18.2. The van der Waals surface area contributed by atoms with E-state index in [2.05, 4.69) is 15.3 Å². The first-order valence-corrected chi connectivity index (χ1v) is 9.90. The van der Waals surface area contributed by atoms with Gasteiger partial charge in [0.15, 0.2) is 0 Å². The number of esters is 1. The molecule has 1 atom stereocenters. The van der Waals surface area contributed by atoms with Gasteiger partial charge in [-0.2, -0.15) is 0 Å². The predicted octanol–water partition coefficient (Wildman–Crippen LogP) is 2.23. The van der Waals surface area contributed by atoms with Crippen molar-refractivity contribution in [1.29, 1.82) is 0 Å². The molecule has 0 saturated carbocycles. The number of hydrogen-bond acceptors (Lipinski definition) is 5. The maximum atomic E-state index is 13.2. The lowest BCUT2D eigenvalue weighted by Crippen LogP contribution is -2.52. The van der Waals surface area contributed by atoms with Gasteiger partial charge >= 0.3 is 12.0 Å². The highest BCUT2D eigenvalue weighted by atomic mass is 19.1. The van der Waals surface area contributed by atoms with E-state index in [9.17, 15) is 18.8 Å². The quantitative estimate of drug-likeness (QED) is 0.728. The molecule has 1 aliphatic heterocycles. The van der Waals surface area contributed by atoms with Gasteiger partial charge in [0, 0.05) is 17.7 Å². The van der Waals surface area contributed by atoms with Gasteiger partial charge in [-0.15, -0.1) is 0 Å². The number of H-pyrrole nitrogens is 1. The topological polar surface area (TPSA) is 104 Å². The molecule has 3 rings (SSSR count). The number of hydrogen-bond donors (Lipinski definition) is 2. The Kier molecular flexibility index (Phi) is 6.49. The van der Waals surface area contributed by atoms with E-state index in [1.165, 1.54) is 29.2 Å². The Hall–Kier alpha value is -3.23. The fourth-order valence-corrected chi connectivity index (χ4v) is 3.31. The third kappa shape index (κ3) is 4.67. The second-order valence-electron chi connectivity index (χ2n) is 7.44. The highest BCUT2D eigenvalue weighted by Gasteiger charge is 2.30. The normalized spacial score (nSPS) is 14.2. The van der Waals surface area contributed by atoms with Crippen LogP contribution in [0, 0.1) is 11.7 Å². The van der Waals surface area contributed by atoms with Gasteiger partial charge in [-0.1, -0.05) is 13.8 Å². The molecule has 2 amide bonds. The average Bonchev–Trinajstić information content (AvgIpc) is 2.71. The number of amides is 2. The van der Waals surface area contributed by atoms with Crippen LogP contribution in [0.2, 0.25) is 0 Å². The van der Waals surface area contributed by atoms with Gasteiger partial charge < -0.3 is 19.9 Å². The third-order valence-electron chi connectivity index (χ3n) is 4.96. The largest absolute Gasteiger partial charge is 0.464 e. The van der Waals surface area contributed by atoms with Crippen LogP contribution in [0.15, 0.2) is 29.1 Å². The van der Waals surface area contributed by atoms with Gasteiger partial charge in [-0.25, -0.2) is 19.0 Å². The minimum absolute atomic E-state index is 0.132. The summed E-state index contributed by atoms with van der Waals surface area (Å²) in [4.78, 5) is 46.1. The molecule has 1 aliphatic rings. The van der Waals surface area contributed by atoms with Crippen LogP contribution >= 0.6 is 0 Å². The molecule has 9 heteroatoms. The summed E-state index contributed by atoms with van der Waals surface area (Å²) in [5.41, 5.74) is 1.30. The molecule has 0 saturated heterocycles. The fraction of sp³-hybridized carbons (Fsp3) is 0.429. The molecule has 1 aromatic carbocycles. The zero-order valence-corrected chi connectivity index (χ0v) is 17.2. The molecule has 2 N–H and O–H groups in total. The molecule has 0 fully saturated rings. The van der Waals surface area contributed by atoms with Gasteiger partial charge in [0.2, 0.25) is 0 Å². The smallest absolute Gasteiger partial charge is 0.328 e. The van der Waals surface area contributed by atoms with E-state index in [0.29, 0.717) is 35.6 Å². The average molecular weight is 416 g/mol. The van der Waals surface area contributed by atoms with Gasteiger partial charge in [-0.05, 0) is 43.5 Å². The van der Waals surface area contributed by atoms with E-state index in [1.807, 2.05) is 13.8 Å². The molecule has 2 aromatic rings. The standard InChI is InChI=1S/C21H25FN4O4/c1-4-30-20(28)17(12(2)3)24-21(29)26-10-9-15-16(11-26)23-18(25-19(15)27)13-5-7-14(22)8-6-13/h5-8,12,17H,4,9-11H2,1-3H3,(H,24,29)(H,23,25,27). The Morgan fingerprint density at radius 3 is 2.63 bits per heavy atom. The Bertz CT molecular complexity index is 987. The van der Waals surface area contributed by atoms with Gasteiger partial charge in [-0.3, -0.25) is 4.79 Å². The summed E-state index contributed by atoms with van der Waals surface area (Å²) in [7, 11) is 0. The van der Waals surface area contributed by atoms with Crippen molar-refractivity contribution in [3.8, 4) is 11.4 Å². The van der Waals surface area contributed by atoms with E-state index in [4.69, 9.17) is 4.74 Å². The van der Waals surface area contributed by atoms with Crippen molar-refractivity contribution < 1.29 is 18.7 Å². The molecule has 2 heterocycles. The molecule has 160 valence electrons. The van der Waals surface area contributed by atoms with Crippen molar-refractivity contribution in [3.05, 3.63) is 51.7 Å². The van der Waals surface area contributed by atoms with Crippen LogP contribution in [-0.4, -0.2) is 46.1 Å². The van der Waals surface area contributed by atoms with E-state index in [0.717, 1.165) is 0 Å². The number of carbonyl (C=O) groups excluding carboxylic acids is 2. The first-order valence-electron chi connectivity index (χ1n) is 9.90.